The van der Waals surface area contributed by atoms with Crippen LogP contribution in [-0.2, 0) is 14.4 Å². The van der Waals surface area contributed by atoms with Crippen molar-refractivity contribution >= 4 is 23.4 Å². The van der Waals surface area contributed by atoms with E-state index < -0.39 is 5.41 Å². The van der Waals surface area contributed by atoms with E-state index in [4.69, 9.17) is 0 Å². The Kier molecular flexibility index (Phi) is 5.81. The molecule has 0 aromatic carbocycles. The molecule has 1 fully saturated rings. The third-order valence-corrected chi connectivity index (χ3v) is 4.24. The second-order valence-corrected chi connectivity index (χ2v) is 7.49. The molecule has 1 aliphatic rings. The van der Waals surface area contributed by atoms with Gasteiger partial charge in [-0.15, -0.1) is 0 Å². The lowest BCUT2D eigenvalue weighted by atomic mass is 9.93. The smallest absolute Gasteiger partial charge is 0.241 e. The normalized spacial score (nSPS) is 17.9. The molecule has 2 rings (SSSR count). The van der Waals surface area contributed by atoms with Crippen LogP contribution in [0.15, 0.2) is 6.20 Å². The van der Waals surface area contributed by atoms with Crippen LogP contribution in [-0.4, -0.2) is 52.5 Å². The highest BCUT2D eigenvalue weighted by atomic mass is 16.2. The fourth-order valence-electron chi connectivity index (χ4n) is 2.87. The molecule has 0 bridgehead atoms. The fraction of sp³-hybridized carbons (Fsp3) is 0.647. The molecule has 0 saturated carbocycles. The third-order valence-electron chi connectivity index (χ3n) is 4.24. The summed E-state index contributed by atoms with van der Waals surface area (Å²) in [7, 11) is 0. The summed E-state index contributed by atoms with van der Waals surface area (Å²) >= 11 is 0. The van der Waals surface area contributed by atoms with Crippen molar-refractivity contribution in [2.75, 3.05) is 25.0 Å². The zero-order valence-corrected chi connectivity index (χ0v) is 15.3. The number of aromatic amines is 1. The first-order chi connectivity index (χ1) is 11.7. The Labute approximate surface area is 147 Å². The molecule has 1 aliphatic heterocycles. The quantitative estimate of drug-likeness (QED) is 0.760. The molecule has 1 atom stereocenters. The molecule has 138 valence electrons. The summed E-state index contributed by atoms with van der Waals surface area (Å²) in [5.41, 5.74) is 0.979. The Balaban J connectivity index is 1.96. The van der Waals surface area contributed by atoms with E-state index in [1.807, 2.05) is 20.8 Å². The number of piperidine rings is 1. The molecule has 0 radical (unpaired) electrons. The van der Waals surface area contributed by atoms with Crippen LogP contribution < -0.4 is 10.6 Å². The van der Waals surface area contributed by atoms with Gasteiger partial charge >= 0.3 is 0 Å². The number of hydrogen-bond donors (Lipinski definition) is 3. The highest BCUT2D eigenvalue weighted by molar-refractivity contribution is 5.89. The lowest BCUT2D eigenvalue weighted by Crippen LogP contribution is -2.46. The molecule has 1 saturated heterocycles. The molecule has 3 amide bonds. The second-order valence-electron chi connectivity index (χ2n) is 7.49. The number of nitrogens with zero attached hydrogens (tertiary/aromatic N) is 2. The molecule has 1 aromatic rings. The number of nitrogens with one attached hydrogen (secondary N) is 3. The predicted octanol–water partition coefficient (Wildman–Crippen LogP) is 1.24. The summed E-state index contributed by atoms with van der Waals surface area (Å²) in [5, 5.41) is 12.4. The van der Waals surface area contributed by atoms with Crippen molar-refractivity contribution in [1.82, 2.24) is 20.4 Å². The van der Waals surface area contributed by atoms with Crippen LogP contribution in [0.1, 0.15) is 52.1 Å². The molecule has 1 unspecified atom stereocenters. The van der Waals surface area contributed by atoms with E-state index in [-0.39, 0.29) is 30.2 Å². The van der Waals surface area contributed by atoms with E-state index in [0.29, 0.717) is 18.8 Å². The van der Waals surface area contributed by atoms with Crippen LogP contribution >= 0.6 is 0 Å². The van der Waals surface area contributed by atoms with Crippen LogP contribution in [0.3, 0.4) is 0 Å². The van der Waals surface area contributed by atoms with Gasteiger partial charge in [0.1, 0.15) is 0 Å². The molecule has 3 N–H and O–H groups in total. The number of H-pyrrole nitrogens is 1. The molecule has 2 heterocycles. The van der Waals surface area contributed by atoms with Gasteiger partial charge in [-0.25, -0.2) is 0 Å². The largest absolute Gasteiger partial charge is 0.347 e. The number of anilines is 1. The number of carbonyl (C=O) groups is 3. The monoisotopic (exact) mass is 349 g/mol. The molecule has 1 aromatic heterocycles. The van der Waals surface area contributed by atoms with Gasteiger partial charge < -0.3 is 15.5 Å². The molecule has 25 heavy (non-hydrogen) atoms. The van der Waals surface area contributed by atoms with Gasteiger partial charge in [0.25, 0.3) is 0 Å². The van der Waals surface area contributed by atoms with Crippen molar-refractivity contribution in [2.24, 2.45) is 5.41 Å². The van der Waals surface area contributed by atoms with Gasteiger partial charge in [-0.1, -0.05) is 20.8 Å². The van der Waals surface area contributed by atoms with Crippen LogP contribution in [0.25, 0.3) is 0 Å². The SMILES string of the molecule is CC(=O)Nc1cn[nH]c1C1CCCN(C(=O)CNC(=O)C(C)(C)C)C1. The van der Waals surface area contributed by atoms with E-state index in [9.17, 15) is 14.4 Å². The Bertz CT molecular complexity index is 647. The van der Waals surface area contributed by atoms with Crippen molar-refractivity contribution in [1.29, 1.82) is 0 Å². The van der Waals surface area contributed by atoms with Gasteiger partial charge in [0.15, 0.2) is 0 Å². The van der Waals surface area contributed by atoms with Gasteiger partial charge in [-0.2, -0.15) is 5.10 Å². The van der Waals surface area contributed by atoms with Crippen LogP contribution in [0.5, 0.6) is 0 Å². The minimum absolute atomic E-state index is 0.00432. The minimum Gasteiger partial charge on any atom is -0.347 e. The molecule has 8 nitrogen and oxygen atoms in total. The summed E-state index contributed by atoms with van der Waals surface area (Å²) < 4.78 is 0. The summed E-state index contributed by atoms with van der Waals surface area (Å²) in [6.45, 7) is 8.10. The summed E-state index contributed by atoms with van der Waals surface area (Å²) in [4.78, 5) is 37.4. The average Bonchev–Trinajstić information content (AvgIpc) is 2.98. The zero-order valence-electron chi connectivity index (χ0n) is 15.3. The number of aromatic nitrogens is 2. The predicted molar refractivity (Wildman–Crippen MR) is 93.9 cm³/mol. The Morgan fingerprint density at radius 1 is 1.36 bits per heavy atom. The molecule has 0 aliphatic carbocycles. The summed E-state index contributed by atoms with van der Waals surface area (Å²) in [5.74, 6) is -0.310. The maximum atomic E-state index is 12.4. The van der Waals surface area contributed by atoms with Crippen molar-refractivity contribution < 1.29 is 14.4 Å². The number of likely N-dealkylation sites (tertiary alicyclic amines) is 1. The molecule has 0 spiro atoms. The minimum atomic E-state index is -0.520. The van der Waals surface area contributed by atoms with Crippen molar-refractivity contribution in [3.05, 3.63) is 11.9 Å². The summed E-state index contributed by atoms with van der Waals surface area (Å²) in [6, 6.07) is 0. The molecule has 8 heteroatoms. The summed E-state index contributed by atoms with van der Waals surface area (Å²) in [6.07, 6.45) is 3.36. The maximum Gasteiger partial charge on any atom is 0.241 e. The van der Waals surface area contributed by atoms with Crippen molar-refractivity contribution in [2.45, 2.75) is 46.5 Å². The number of carbonyl (C=O) groups excluding carboxylic acids is 3. The fourth-order valence-corrected chi connectivity index (χ4v) is 2.87. The van der Waals surface area contributed by atoms with Crippen LogP contribution in [0, 0.1) is 5.41 Å². The van der Waals surface area contributed by atoms with E-state index in [2.05, 4.69) is 20.8 Å². The second kappa shape index (κ2) is 7.67. The van der Waals surface area contributed by atoms with Crippen molar-refractivity contribution in [3.8, 4) is 0 Å². The topological polar surface area (TPSA) is 107 Å². The zero-order chi connectivity index (χ0) is 18.6. The highest BCUT2D eigenvalue weighted by Crippen LogP contribution is 2.30. The third kappa shape index (κ3) is 5.04. The first-order valence-electron chi connectivity index (χ1n) is 8.55. The van der Waals surface area contributed by atoms with Gasteiger partial charge in [0, 0.05) is 31.3 Å². The molecular formula is C17H27N5O3. The lowest BCUT2D eigenvalue weighted by Gasteiger charge is -2.33. The van der Waals surface area contributed by atoms with Crippen LogP contribution in [0.2, 0.25) is 0 Å². The number of hydrogen-bond acceptors (Lipinski definition) is 4. The molecular weight excluding hydrogens is 322 g/mol. The van der Waals surface area contributed by atoms with Crippen molar-refractivity contribution in [3.63, 3.8) is 0 Å². The number of amides is 3. The van der Waals surface area contributed by atoms with E-state index in [1.54, 1.807) is 11.1 Å². The van der Waals surface area contributed by atoms with E-state index in [0.717, 1.165) is 18.5 Å². The highest BCUT2D eigenvalue weighted by Gasteiger charge is 2.28. The van der Waals surface area contributed by atoms with Gasteiger partial charge in [-0.3, -0.25) is 19.5 Å². The Hall–Kier alpha value is -2.38. The van der Waals surface area contributed by atoms with Gasteiger partial charge in [0.05, 0.1) is 24.1 Å². The van der Waals surface area contributed by atoms with Crippen LogP contribution in [0.4, 0.5) is 5.69 Å². The lowest BCUT2D eigenvalue weighted by molar-refractivity contribution is -0.136. The number of rotatable bonds is 4. The first-order valence-corrected chi connectivity index (χ1v) is 8.55. The maximum absolute atomic E-state index is 12.4. The van der Waals surface area contributed by atoms with E-state index >= 15 is 0 Å². The Morgan fingerprint density at radius 3 is 2.72 bits per heavy atom. The standard InChI is InChI=1S/C17H27N5O3/c1-11(23)20-13-8-19-21-15(13)12-6-5-7-22(10-12)14(24)9-18-16(25)17(2,3)4/h8,12H,5-7,9-10H2,1-4H3,(H,18,25)(H,19,21)(H,20,23). The van der Waals surface area contributed by atoms with E-state index in [1.165, 1.54) is 6.92 Å². The van der Waals surface area contributed by atoms with Gasteiger partial charge in [0.2, 0.25) is 17.7 Å². The average molecular weight is 349 g/mol. The Morgan fingerprint density at radius 2 is 2.08 bits per heavy atom. The van der Waals surface area contributed by atoms with Gasteiger partial charge in [-0.05, 0) is 12.8 Å². The first kappa shape index (κ1) is 19.0.